The number of hydrogen-bond donors (Lipinski definition) is 1. The number of fused-ring (bicyclic) bond motifs is 1. The Labute approximate surface area is 83.0 Å². The summed E-state index contributed by atoms with van der Waals surface area (Å²) in [4.78, 5) is 4.24. The fourth-order valence-electron chi connectivity index (χ4n) is 1.51. The molecular weight excluding hydrogens is 176 g/mol. The molecule has 0 bridgehead atoms. The van der Waals surface area contributed by atoms with E-state index in [1.54, 1.807) is 6.20 Å². The summed E-state index contributed by atoms with van der Waals surface area (Å²) >= 11 is 0. The van der Waals surface area contributed by atoms with Crippen molar-refractivity contribution in [2.75, 3.05) is 0 Å². The summed E-state index contributed by atoms with van der Waals surface area (Å²) < 4.78 is 1.92. The van der Waals surface area contributed by atoms with Gasteiger partial charge >= 0.3 is 0 Å². The molecule has 2 aromatic rings. The Bertz CT molecular complexity index is 445. The van der Waals surface area contributed by atoms with E-state index in [1.807, 2.05) is 42.6 Å². The third-order valence-corrected chi connectivity index (χ3v) is 2.66. The Hall–Kier alpha value is -1.35. The molecule has 2 heterocycles. The molecule has 0 spiro atoms. The zero-order valence-electron chi connectivity index (χ0n) is 8.44. The van der Waals surface area contributed by atoms with Gasteiger partial charge in [-0.25, -0.2) is 4.98 Å². The van der Waals surface area contributed by atoms with Gasteiger partial charge in [-0.3, -0.25) is 0 Å². The van der Waals surface area contributed by atoms with Gasteiger partial charge < -0.3 is 9.51 Å². The molecule has 0 saturated heterocycles. The highest BCUT2D eigenvalue weighted by molar-refractivity contribution is 5.40. The first-order valence-electron chi connectivity index (χ1n) is 4.80. The molecule has 74 valence electrons. The van der Waals surface area contributed by atoms with Crippen molar-refractivity contribution in [3.8, 4) is 0 Å². The Morgan fingerprint density at radius 1 is 1.50 bits per heavy atom. The first-order chi connectivity index (χ1) is 6.65. The molecule has 0 saturated carbocycles. The summed E-state index contributed by atoms with van der Waals surface area (Å²) in [6.07, 6.45) is 4.33. The summed E-state index contributed by atoms with van der Waals surface area (Å²) in [6, 6.07) is 5.80. The first kappa shape index (κ1) is 9.21. The topological polar surface area (TPSA) is 37.5 Å². The highest BCUT2D eigenvalue weighted by atomic mass is 16.3. The van der Waals surface area contributed by atoms with Crippen molar-refractivity contribution in [2.24, 2.45) is 0 Å². The number of pyridine rings is 1. The van der Waals surface area contributed by atoms with Crippen molar-refractivity contribution in [1.29, 1.82) is 0 Å². The van der Waals surface area contributed by atoms with E-state index in [2.05, 4.69) is 4.98 Å². The van der Waals surface area contributed by atoms with Gasteiger partial charge in [0.25, 0.3) is 0 Å². The third kappa shape index (κ3) is 1.30. The van der Waals surface area contributed by atoms with Crippen LogP contribution in [0, 0.1) is 0 Å². The van der Waals surface area contributed by atoms with Crippen LogP contribution in [0.4, 0.5) is 0 Å². The van der Waals surface area contributed by atoms with Crippen molar-refractivity contribution in [2.45, 2.75) is 25.9 Å². The second-order valence-electron chi connectivity index (χ2n) is 3.70. The molecule has 3 heteroatoms. The van der Waals surface area contributed by atoms with Gasteiger partial charge in [0.05, 0.1) is 11.9 Å². The van der Waals surface area contributed by atoms with E-state index in [4.69, 9.17) is 0 Å². The van der Waals surface area contributed by atoms with E-state index in [0.29, 0.717) is 6.42 Å². The van der Waals surface area contributed by atoms with Gasteiger partial charge in [-0.05, 0) is 25.5 Å². The molecule has 0 fully saturated rings. The van der Waals surface area contributed by atoms with Crippen LogP contribution in [0.5, 0.6) is 0 Å². The van der Waals surface area contributed by atoms with E-state index < -0.39 is 5.60 Å². The maximum Gasteiger partial charge on any atom is 0.136 e. The molecule has 3 nitrogen and oxygen atoms in total. The molecule has 1 atom stereocenters. The minimum absolute atomic E-state index is 0.676. The van der Waals surface area contributed by atoms with Crippen LogP contribution in [0.3, 0.4) is 0 Å². The van der Waals surface area contributed by atoms with Crippen LogP contribution in [0.2, 0.25) is 0 Å². The number of aliphatic hydroxyl groups is 1. The maximum absolute atomic E-state index is 10.1. The Morgan fingerprint density at radius 3 is 3.00 bits per heavy atom. The van der Waals surface area contributed by atoms with Gasteiger partial charge in [-0.1, -0.05) is 13.0 Å². The molecule has 2 aromatic heterocycles. The molecule has 0 aromatic carbocycles. The number of aromatic nitrogens is 2. The largest absolute Gasteiger partial charge is 0.384 e. The van der Waals surface area contributed by atoms with Crippen molar-refractivity contribution >= 4 is 5.65 Å². The fraction of sp³-hybridized carbons (Fsp3) is 0.364. The SMILES string of the molecule is CC[C@](C)(O)c1cnc2ccccn12. The van der Waals surface area contributed by atoms with Gasteiger partial charge in [0, 0.05) is 6.20 Å². The lowest BCUT2D eigenvalue weighted by atomic mass is 10.0. The number of hydrogen-bond acceptors (Lipinski definition) is 2. The van der Waals surface area contributed by atoms with Crippen molar-refractivity contribution in [3.05, 3.63) is 36.3 Å². The van der Waals surface area contributed by atoms with E-state index >= 15 is 0 Å². The zero-order valence-corrected chi connectivity index (χ0v) is 8.44. The molecule has 0 radical (unpaired) electrons. The molecule has 0 aliphatic rings. The monoisotopic (exact) mass is 190 g/mol. The standard InChI is InChI=1S/C11H14N2O/c1-3-11(2,14)9-8-12-10-6-4-5-7-13(9)10/h4-8,14H,3H2,1-2H3/t11-/m0/s1. The predicted octanol–water partition coefficient (Wildman–Crippen LogP) is 1.95. The van der Waals surface area contributed by atoms with Gasteiger partial charge in [0.15, 0.2) is 0 Å². The van der Waals surface area contributed by atoms with Crippen LogP contribution < -0.4 is 0 Å². The van der Waals surface area contributed by atoms with E-state index in [1.165, 1.54) is 0 Å². The van der Waals surface area contributed by atoms with Crippen LogP contribution in [0.1, 0.15) is 26.0 Å². The maximum atomic E-state index is 10.1. The lowest BCUT2D eigenvalue weighted by Gasteiger charge is -2.20. The number of imidazole rings is 1. The van der Waals surface area contributed by atoms with Crippen molar-refractivity contribution in [3.63, 3.8) is 0 Å². The van der Waals surface area contributed by atoms with Gasteiger partial charge in [0.1, 0.15) is 11.2 Å². The van der Waals surface area contributed by atoms with Crippen LogP contribution in [-0.2, 0) is 5.60 Å². The zero-order chi connectivity index (χ0) is 10.2. The second-order valence-corrected chi connectivity index (χ2v) is 3.70. The molecule has 14 heavy (non-hydrogen) atoms. The summed E-state index contributed by atoms with van der Waals surface area (Å²) in [5.41, 5.74) is 0.910. The normalized spacial score (nSPS) is 15.6. The molecule has 1 N–H and O–H groups in total. The van der Waals surface area contributed by atoms with Crippen molar-refractivity contribution < 1.29 is 5.11 Å². The average molecular weight is 190 g/mol. The Kier molecular flexibility index (Phi) is 2.04. The molecule has 0 amide bonds. The van der Waals surface area contributed by atoms with Gasteiger partial charge in [0.2, 0.25) is 0 Å². The molecular formula is C11H14N2O. The van der Waals surface area contributed by atoms with Crippen molar-refractivity contribution in [1.82, 2.24) is 9.38 Å². The van der Waals surface area contributed by atoms with Crippen LogP contribution >= 0.6 is 0 Å². The fourth-order valence-corrected chi connectivity index (χ4v) is 1.51. The lowest BCUT2D eigenvalue weighted by molar-refractivity contribution is 0.0477. The van der Waals surface area contributed by atoms with E-state index in [0.717, 1.165) is 11.3 Å². The van der Waals surface area contributed by atoms with E-state index in [9.17, 15) is 5.11 Å². The minimum atomic E-state index is -0.805. The molecule has 0 unspecified atom stereocenters. The summed E-state index contributed by atoms with van der Waals surface area (Å²) in [5.74, 6) is 0. The van der Waals surface area contributed by atoms with Gasteiger partial charge in [-0.2, -0.15) is 0 Å². The first-order valence-corrected chi connectivity index (χ1v) is 4.80. The molecule has 2 rings (SSSR count). The highest BCUT2D eigenvalue weighted by Gasteiger charge is 2.24. The summed E-state index contributed by atoms with van der Waals surface area (Å²) in [6.45, 7) is 3.77. The smallest absolute Gasteiger partial charge is 0.136 e. The molecule has 0 aliphatic carbocycles. The number of rotatable bonds is 2. The van der Waals surface area contributed by atoms with E-state index in [-0.39, 0.29) is 0 Å². The second kappa shape index (κ2) is 3.10. The van der Waals surface area contributed by atoms with Gasteiger partial charge in [-0.15, -0.1) is 0 Å². The quantitative estimate of drug-likeness (QED) is 0.786. The average Bonchev–Trinajstić information content (AvgIpc) is 2.61. The Balaban J connectivity index is 2.64. The predicted molar refractivity (Wildman–Crippen MR) is 55.1 cm³/mol. The van der Waals surface area contributed by atoms with Crippen LogP contribution in [0.25, 0.3) is 5.65 Å². The molecule has 0 aliphatic heterocycles. The van der Waals surface area contributed by atoms with Crippen LogP contribution in [0.15, 0.2) is 30.6 Å². The third-order valence-electron chi connectivity index (χ3n) is 2.66. The summed E-state index contributed by atoms with van der Waals surface area (Å²) in [5, 5.41) is 10.1. The van der Waals surface area contributed by atoms with Crippen LogP contribution in [-0.4, -0.2) is 14.5 Å². The highest BCUT2D eigenvalue weighted by Crippen LogP contribution is 2.24. The summed E-state index contributed by atoms with van der Waals surface area (Å²) in [7, 11) is 0. The number of nitrogens with zero attached hydrogens (tertiary/aromatic N) is 2. The Morgan fingerprint density at radius 2 is 2.29 bits per heavy atom. The lowest BCUT2D eigenvalue weighted by Crippen LogP contribution is -2.21. The minimum Gasteiger partial charge on any atom is -0.384 e.